The quantitative estimate of drug-likeness (QED) is 0.147. The second kappa shape index (κ2) is 13.4. The monoisotopic (exact) mass is 780 g/mol. The highest BCUT2D eigenvalue weighted by Crippen LogP contribution is 2.55. The standard InChI is InChI=1S/C61H48/c1-34(2)41-31-48(35(3)4)54(49(32-41)36(5)6)40-28-27-39-29-52-58-45(50(39)30-40)24-16-26-47(58)60-55(37-17-9-7-10-18-37)53-33-51-43-22-14-13-21-42(43)44-23-15-25-46(57(44)51)59(53)56(61(52)60)38-19-11-8-12-20-38/h7-36H,1-6H3. The molecule has 0 heterocycles. The smallest absolute Gasteiger partial charge is 0.000697 e. The van der Waals surface area contributed by atoms with Crippen molar-refractivity contribution in [3.8, 4) is 33.4 Å². The molecule has 12 aromatic rings. The molecule has 61 heavy (non-hydrogen) atoms. The first-order chi connectivity index (χ1) is 29.8. The fourth-order valence-electron chi connectivity index (χ4n) is 11.2. The Morgan fingerprint density at radius 3 is 1.39 bits per heavy atom. The van der Waals surface area contributed by atoms with Crippen molar-refractivity contribution in [2.24, 2.45) is 0 Å². The van der Waals surface area contributed by atoms with Gasteiger partial charge in [0.25, 0.3) is 0 Å². The van der Waals surface area contributed by atoms with Crippen LogP contribution in [0.2, 0.25) is 0 Å². The van der Waals surface area contributed by atoms with Crippen LogP contribution in [-0.2, 0) is 0 Å². The Bertz CT molecular complexity index is 3670. The number of fused-ring (bicyclic) bond motifs is 10. The van der Waals surface area contributed by atoms with Crippen LogP contribution in [0.4, 0.5) is 0 Å². The summed E-state index contributed by atoms with van der Waals surface area (Å²) in [5, 5.41) is 21.3. The predicted octanol–water partition coefficient (Wildman–Crippen LogP) is 18.2. The molecule has 0 nitrogen and oxygen atoms in total. The molecule has 0 heteroatoms. The van der Waals surface area contributed by atoms with Crippen LogP contribution in [0.15, 0.2) is 164 Å². The Hall–Kier alpha value is -6.76. The molecule has 12 rings (SSSR count). The van der Waals surface area contributed by atoms with Gasteiger partial charge in [0.2, 0.25) is 0 Å². The van der Waals surface area contributed by atoms with Crippen molar-refractivity contribution in [3.63, 3.8) is 0 Å². The number of rotatable bonds is 6. The summed E-state index contributed by atoms with van der Waals surface area (Å²) in [6.45, 7) is 14.1. The van der Waals surface area contributed by atoms with E-state index in [9.17, 15) is 0 Å². The highest BCUT2D eigenvalue weighted by atomic mass is 14.3. The van der Waals surface area contributed by atoms with Gasteiger partial charge in [-0.15, -0.1) is 0 Å². The van der Waals surface area contributed by atoms with E-state index in [4.69, 9.17) is 0 Å². The fraction of sp³-hybridized carbons (Fsp3) is 0.148. The van der Waals surface area contributed by atoms with E-state index in [1.807, 2.05) is 0 Å². The molecular weight excluding hydrogens is 733 g/mol. The third-order valence-electron chi connectivity index (χ3n) is 14.0. The molecule has 0 unspecified atom stereocenters. The summed E-state index contributed by atoms with van der Waals surface area (Å²) < 4.78 is 0. The number of benzene rings is 10. The average Bonchev–Trinajstić information content (AvgIpc) is 3.79. The third kappa shape index (κ3) is 5.12. The Balaban J connectivity index is 1.29. The molecule has 0 aliphatic carbocycles. The average molecular weight is 781 g/mol. The van der Waals surface area contributed by atoms with Crippen molar-refractivity contribution in [2.75, 3.05) is 0 Å². The molecule has 0 N–H and O–H groups in total. The zero-order valence-electron chi connectivity index (χ0n) is 35.8. The molecule has 0 aromatic heterocycles. The first-order valence-corrected chi connectivity index (χ1v) is 22.3. The van der Waals surface area contributed by atoms with E-state index in [2.05, 4.69) is 205 Å². The van der Waals surface area contributed by atoms with Gasteiger partial charge in [-0.2, -0.15) is 0 Å². The van der Waals surface area contributed by atoms with Gasteiger partial charge in [0, 0.05) is 0 Å². The van der Waals surface area contributed by atoms with Crippen LogP contribution < -0.4 is 0 Å². The fourth-order valence-corrected chi connectivity index (χ4v) is 11.2. The summed E-state index contributed by atoms with van der Waals surface area (Å²) in [4.78, 5) is 0. The molecule has 292 valence electrons. The van der Waals surface area contributed by atoms with Gasteiger partial charge < -0.3 is 0 Å². The van der Waals surface area contributed by atoms with Crippen LogP contribution in [0.1, 0.15) is 76.0 Å². The molecule has 0 saturated carbocycles. The van der Waals surface area contributed by atoms with E-state index in [0.717, 1.165) is 0 Å². The third-order valence-corrected chi connectivity index (χ3v) is 14.0. The minimum Gasteiger partial charge on any atom is -0.0622 e. The zero-order chi connectivity index (χ0) is 41.3. The summed E-state index contributed by atoms with van der Waals surface area (Å²) >= 11 is 0. The maximum atomic E-state index is 2.54. The van der Waals surface area contributed by atoms with Crippen LogP contribution in [0.25, 0.3) is 120 Å². The van der Waals surface area contributed by atoms with Crippen LogP contribution in [0.3, 0.4) is 0 Å². The summed E-state index contributed by atoms with van der Waals surface area (Å²) in [6, 6.07) is 62.8. The molecule has 0 radical (unpaired) electrons. The van der Waals surface area contributed by atoms with Crippen LogP contribution in [0, 0.1) is 0 Å². The minimum atomic E-state index is 0.410. The van der Waals surface area contributed by atoms with E-state index < -0.39 is 0 Å². The molecule has 12 aromatic carbocycles. The van der Waals surface area contributed by atoms with Gasteiger partial charge in [0.15, 0.2) is 0 Å². The summed E-state index contributed by atoms with van der Waals surface area (Å²) in [6.07, 6.45) is 0. The lowest BCUT2D eigenvalue weighted by Crippen LogP contribution is -2.03. The van der Waals surface area contributed by atoms with Crippen molar-refractivity contribution in [1.29, 1.82) is 0 Å². The van der Waals surface area contributed by atoms with E-state index >= 15 is 0 Å². The van der Waals surface area contributed by atoms with E-state index in [1.165, 1.54) is 136 Å². The number of hydrogen-bond acceptors (Lipinski definition) is 0. The second-order valence-electron chi connectivity index (χ2n) is 18.5. The maximum Gasteiger partial charge on any atom is -0.000697 e. The van der Waals surface area contributed by atoms with Gasteiger partial charge in [0.1, 0.15) is 0 Å². The summed E-state index contributed by atoms with van der Waals surface area (Å²) in [5.74, 6) is 1.30. The van der Waals surface area contributed by atoms with E-state index in [-0.39, 0.29) is 0 Å². The molecule has 0 saturated heterocycles. The van der Waals surface area contributed by atoms with Crippen molar-refractivity contribution in [2.45, 2.75) is 59.3 Å². The Kier molecular flexibility index (Phi) is 7.92. The molecule has 0 bridgehead atoms. The zero-order valence-corrected chi connectivity index (χ0v) is 35.8. The first-order valence-electron chi connectivity index (χ1n) is 22.3. The van der Waals surface area contributed by atoms with Crippen molar-refractivity contribution >= 4 is 86.2 Å². The topological polar surface area (TPSA) is 0 Å². The van der Waals surface area contributed by atoms with Crippen molar-refractivity contribution in [1.82, 2.24) is 0 Å². The maximum absolute atomic E-state index is 2.54. The van der Waals surface area contributed by atoms with Gasteiger partial charge in [-0.3, -0.25) is 0 Å². The van der Waals surface area contributed by atoms with Crippen LogP contribution in [-0.4, -0.2) is 0 Å². The highest BCUT2D eigenvalue weighted by Gasteiger charge is 2.27. The molecule has 0 amide bonds. The lowest BCUT2D eigenvalue weighted by molar-refractivity contribution is 0.807. The molecule has 0 fully saturated rings. The van der Waals surface area contributed by atoms with Crippen molar-refractivity contribution in [3.05, 3.63) is 180 Å². The molecular formula is C61H48. The predicted molar refractivity (Wildman–Crippen MR) is 267 cm³/mol. The minimum absolute atomic E-state index is 0.410. The number of hydrogen-bond donors (Lipinski definition) is 0. The Morgan fingerprint density at radius 1 is 0.262 bits per heavy atom. The lowest BCUT2D eigenvalue weighted by Gasteiger charge is -2.23. The highest BCUT2D eigenvalue weighted by molar-refractivity contribution is 6.46. The summed E-state index contributed by atoms with van der Waals surface area (Å²) in [7, 11) is 0. The molecule has 0 spiro atoms. The van der Waals surface area contributed by atoms with Gasteiger partial charge >= 0.3 is 0 Å². The van der Waals surface area contributed by atoms with E-state index in [1.54, 1.807) is 0 Å². The second-order valence-corrected chi connectivity index (χ2v) is 18.5. The molecule has 0 aliphatic heterocycles. The molecule has 0 atom stereocenters. The Morgan fingerprint density at radius 2 is 0.770 bits per heavy atom. The van der Waals surface area contributed by atoms with Gasteiger partial charge in [-0.25, -0.2) is 0 Å². The first kappa shape index (κ1) is 36.1. The van der Waals surface area contributed by atoms with Gasteiger partial charge in [0.05, 0.1) is 0 Å². The summed E-state index contributed by atoms with van der Waals surface area (Å²) in [5.41, 5.74) is 12.2. The Labute approximate surface area is 357 Å². The van der Waals surface area contributed by atoms with Crippen molar-refractivity contribution < 1.29 is 0 Å². The molecule has 0 aliphatic rings. The normalized spacial score (nSPS) is 12.5. The van der Waals surface area contributed by atoms with Gasteiger partial charge in [-0.05, 0) is 172 Å². The van der Waals surface area contributed by atoms with E-state index in [0.29, 0.717) is 17.8 Å². The lowest BCUT2D eigenvalue weighted by atomic mass is 9.81. The largest absolute Gasteiger partial charge is 0.0622 e. The van der Waals surface area contributed by atoms with Crippen LogP contribution in [0.5, 0.6) is 0 Å². The van der Waals surface area contributed by atoms with Gasteiger partial charge in [-0.1, -0.05) is 187 Å². The van der Waals surface area contributed by atoms with Crippen LogP contribution >= 0.6 is 0 Å². The SMILES string of the molecule is CC(C)c1cc(C(C)C)c(-c2ccc3cc4c5c(-c6ccccc6)c6c(cc7c8ccccc8c8cccc6c87)c(-c6ccccc6)c5c5cccc(c3c2)c54)c(C(C)C)c1.